The molecule has 0 aromatic heterocycles. The molecule has 1 amide bonds. The summed E-state index contributed by atoms with van der Waals surface area (Å²) < 4.78 is 32.4. The third-order valence-corrected chi connectivity index (χ3v) is 9.17. The molecule has 0 saturated heterocycles. The first-order chi connectivity index (χ1) is 23.3. The largest absolute Gasteiger partial charge is 0.387 e. The van der Waals surface area contributed by atoms with Gasteiger partial charge in [-0.15, -0.1) is 0 Å². The highest BCUT2D eigenvalue weighted by atomic mass is 32.2. The highest BCUT2D eigenvalue weighted by molar-refractivity contribution is 7.85. The molecule has 0 heterocycles. The minimum absolute atomic E-state index is 0.266. The van der Waals surface area contributed by atoms with Crippen LogP contribution in [0.4, 0.5) is 0 Å². The first kappa shape index (κ1) is 46.0. The van der Waals surface area contributed by atoms with Crippen LogP contribution in [0.15, 0.2) is 60.8 Å². The van der Waals surface area contributed by atoms with Crippen molar-refractivity contribution in [1.29, 1.82) is 0 Å². The zero-order chi connectivity index (χ0) is 35.4. The van der Waals surface area contributed by atoms with E-state index >= 15 is 0 Å². The number of unbranched alkanes of at least 4 members (excludes halogenated alkanes) is 18. The SMILES string of the molecule is CCCCC/C=C\C/C=C\CCCCCCCC(=O)NC(CS(=O)(=O)O)C(O)/C=C/CC/C=C/CC/C=C/CCCCCCCCCC. The Morgan fingerprint density at radius 1 is 0.562 bits per heavy atom. The number of carbonyl (C=O) groups is 1. The van der Waals surface area contributed by atoms with Crippen molar-refractivity contribution >= 4 is 16.0 Å². The van der Waals surface area contributed by atoms with Crippen molar-refractivity contribution in [2.45, 2.75) is 187 Å². The van der Waals surface area contributed by atoms with Gasteiger partial charge in [0.2, 0.25) is 5.91 Å². The van der Waals surface area contributed by atoms with Crippen LogP contribution in [0, 0.1) is 0 Å². The minimum atomic E-state index is -4.36. The molecule has 0 fully saturated rings. The van der Waals surface area contributed by atoms with Gasteiger partial charge in [-0.2, -0.15) is 8.42 Å². The van der Waals surface area contributed by atoms with Gasteiger partial charge in [-0.3, -0.25) is 9.35 Å². The van der Waals surface area contributed by atoms with Gasteiger partial charge in [-0.1, -0.05) is 152 Å². The molecule has 0 aliphatic rings. The molecule has 0 spiro atoms. The highest BCUT2D eigenvalue weighted by Crippen LogP contribution is 2.11. The molecule has 2 unspecified atom stereocenters. The number of hydrogen-bond donors (Lipinski definition) is 3. The number of carbonyl (C=O) groups excluding carboxylic acids is 1. The van der Waals surface area contributed by atoms with Crippen LogP contribution in [0.25, 0.3) is 0 Å². The van der Waals surface area contributed by atoms with E-state index in [-0.39, 0.29) is 12.3 Å². The van der Waals surface area contributed by atoms with Gasteiger partial charge in [0.1, 0.15) is 0 Å². The minimum Gasteiger partial charge on any atom is -0.387 e. The van der Waals surface area contributed by atoms with Crippen molar-refractivity contribution in [3.63, 3.8) is 0 Å². The lowest BCUT2D eigenvalue weighted by Gasteiger charge is -2.21. The molecule has 7 heteroatoms. The van der Waals surface area contributed by atoms with E-state index in [1.54, 1.807) is 6.08 Å². The Morgan fingerprint density at radius 3 is 1.48 bits per heavy atom. The van der Waals surface area contributed by atoms with Crippen molar-refractivity contribution in [1.82, 2.24) is 5.32 Å². The van der Waals surface area contributed by atoms with Gasteiger partial charge in [-0.25, -0.2) is 0 Å². The number of hydrogen-bond acceptors (Lipinski definition) is 4. The summed E-state index contributed by atoms with van der Waals surface area (Å²) in [6.07, 6.45) is 47.7. The second-order valence-corrected chi connectivity index (χ2v) is 14.7. The molecule has 0 radical (unpaired) electrons. The number of aliphatic hydroxyl groups is 1. The first-order valence-electron chi connectivity index (χ1n) is 19.5. The maximum atomic E-state index is 12.5. The lowest BCUT2D eigenvalue weighted by atomic mass is 10.1. The fourth-order valence-electron chi connectivity index (χ4n) is 5.45. The molecule has 0 aliphatic carbocycles. The van der Waals surface area contributed by atoms with Crippen molar-refractivity contribution in [3.05, 3.63) is 60.8 Å². The van der Waals surface area contributed by atoms with Crippen molar-refractivity contribution < 1.29 is 22.9 Å². The van der Waals surface area contributed by atoms with Gasteiger partial charge >= 0.3 is 0 Å². The third-order valence-electron chi connectivity index (χ3n) is 8.39. The Balaban J connectivity index is 4.08. The van der Waals surface area contributed by atoms with Crippen molar-refractivity contribution in [2.24, 2.45) is 0 Å². The highest BCUT2D eigenvalue weighted by Gasteiger charge is 2.24. The lowest BCUT2D eigenvalue weighted by molar-refractivity contribution is -0.122. The molecule has 278 valence electrons. The van der Waals surface area contributed by atoms with E-state index in [0.29, 0.717) is 12.8 Å². The quantitative estimate of drug-likeness (QED) is 0.0354. The van der Waals surface area contributed by atoms with Crippen LogP contribution >= 0.6 is 0 Å². The van der Waals surface area contributed by atoms with Crippen LogP contribution in [0.5, 0.6) is 0 Å². The Labute approximate surface area is 296 Å². The predicted octanol–water partition coefficient (Wildman–Crippen LogP) is 11.3. The Morgan fingerprint density at radius 2 is 0.958 bits per heavy atom. The standard InChI is InChI=1S/C41H73NO5S/c1-3-5-7-9-11-13-15-17-19-20-21-23-24-26-28-30-32-34-36-40(43)39(38-48(45,46)47)42-41(44)37-35-33-31-29-27-25-22-18-16-14-12-10-8-6-4-2/h12,14,18,20-22,26,28,34,36,39-40,43H,3-11,13,15-17,19,23-25,27,29-33,35,37-38H2,1-2H3,(H,42,44)(H,45,46,47)/b14-12-,21-20+,22-18-,28-26+,36-34+. The summed E-state index contributed by atoms with van der Waals surface area (Å²) in [6, 6.07) is -1.09. The van der Waals surface area contributed by atoms with Crippen molar-refractivity contribution in [3.8, 4) is 0 Å². The van der Waals surface area contributed by atoms with Crippen LogP contribution in [-0.4, -0.2) is 41.9 Å². The van der Waals surface area contributed by atoms with Gasteiger partial charge in [0.05, 0.1) is 17.9 Å². The monoisotopic (exact) mass is 692 g/mol. The zero-order valence-electron chi connectivity index (χ0n) is 30.8. The van der Waals surface area contributed by atoms with E-state index in [2.05, 4.69) is 67.8 Å². The molecular formula is C41H73NO5S. The van der Waals surface area contributed by atoms with Gasteiger partial charge in [0.25, 0.3) is 10.1 Å². The maximum Gasteiger partial charge on any atom is 0.267 e. The summed E-state index contributed by atoms with van der Waals surface area (Å²) in [5.41, 5.74) is 0. The molecule has 3 N–H and O–H groups in total. The van der Waals surface area contributed by atoms with Crippen LogP contribution < -0.4 is 5.32 Å². The normalized spacial score (nSPS) is 14.0. The van der Waals surface area contributed by atoms with Gasteiger partial charge in [-0.05, 0) is 77.0 Å². The predicted molar refractivity (Wildman–Crippen MR) is 207 cm³/mol. The summed E-state index contributed by atoms with van der Waals surface area (Å²) in [6.45, 7) is 4.48. The topological polar surface area (TPSA) is 104 Å². The number of nitrogens with one attached hydrogen (secondary N) is 1. The van der Waals surface area contributed by atoms with Crippen LogP contribution in [0.2, 0.25) is 0 Å². The fraction of sp³-hybridized carbons (Fsp3) is 0.732. The third kappa shape index (κ3) is 35.3. The molecule has 0 aromatic rings. The summed E-state index contributed by atoms with van der Waals surface area (Å²) in [5, 5.41) is 13.2. The molecule has 0 rings (SSSR count). The van der Waals surface area contributed by atoms with Crippen LogP contribution in [0.1, 0.15) is 174 Å². The van der Waals surface area contributed by atoms with E-state index in [1.807, 2.05) is 0 Å². The van der Waals surface area contributed by atoms with Gasteiger partial charge < -0.3 is 10.4 Å². The Bertz CT molecular complexity index is 983. The van der Waals surface area contributed by atoms with Crippen LogP contribution in [0.3, 0.4) is 0 Å². The van der Waals surface area contributed by atoms with Gasteiger partial charge in [0, 0.05) is 6.42 Å². The van der Waals surface area contributed by atoms with Crippen molar-refractivity contribution in [2.75, 3.05) is 5.75 Å². The number of aliphatic hydroxyl groups excluding tert-OH is 1. The second-order valence-electron chi connectivity index (χ2n) is 13.2. The molecule has 6 nitrogen and oxygen atoms in total. The number of rotatable bonds is 34. The average Bonchev–Trinajstić information content (AvgIpc) is 3.05. The zero-order valence-corrected chi connectivity index (χ0v) is 31.7. The summed E-state index contributed by atoms with van der Waals surface area (Å²) in [4.78, 5) is 12.5. The van der Waals surface area contributed by atoms with Crippen LogP contribution in [-0.2, 0) is 14.9 Å². The van der Waals surface area contributed by atoms with E-state index in [1.165, 1.54) is 89.5 Å². The molecule has 0 saturated carbocycles. The Hall–Kier alpha value is -1.96. The smallest absolute Gasteiger partial charge is 0.267 e. The summed E-state index contributed by atoms with van der Waals surface area (Å²) in [5.74, 6) is -1.03. The molecule has 0 aliphatic heterocycles. The number of allylic oxidation sites excluding steroid dienone is 9. The summed E-state index contributed by atoms with van der Waals surface area (Å²) in [7, 11) is -4.36. The Kier molecular flexibility index (Phi) is 33.5. The van der Waals surface area contributed by atoms with Gasteiger partial charge in [0.15, 0.2) is 0 Å². The summed E-state index contributed by atoms with van der Waals surface area (Å²) >= 11 is 0. The van der Waals surface area contributed by atoms with E-state index < -0.39 is 28.0 Å². The van der Waals surface area contributed by atoms with E-state index in [0.717, 1.165) is 57.8 Å². The number of amides is 1. The lowest BCUT2D eigenvalue weighted by Crippen LogP contribution is -2.46. The molecular weight excluding hydrogens is 619 g/mol. The fourth-order valence-corrected chi connectivity index (χ4v) is 6.18. The molecule has 0 aromatic carbocycles. The maximum absolute atomic E-state index is 12.5. The first-order valence-corrected chi connectivity index (χ1v) is 21.1. The van der Waals surface area contributed by atoms with E-state index in [9.17, 15) is 22.9 Å². The average molecular weight is 692 g/mol. The van der Waals surface area contributed by atoms with E-state index in [4.69, 9.17) is 0 Å². The molecule has 48 heavy (non-hydrogen) atoms. The second kappa shape index (κ2) is 34.9. The molecule has 0 bridgehead atoms. The molecule has 2 atom stereocenters.